The van der Waals surface area contributed by atoms with Gasteiger partial charge in [0.05, 0.1) is 0 Å². The molecule has 0 radical (unpaired) electrons. The summed E-state index contributed by atoms with van der Waals surface area (Å²) in [6, 6.07) is 0. The maximum Gasteiger partial charge on any atom is 0.114 e. The molecule has 3 heteroatoms. The summed E-state index contributed by atoms with van der Waals surface area (Å²) in [6.07, 6.45) is 1.33. The zero-order chi connectivity index (χ0) is 8.81. The second-order valence-corrected chi connectivity index (χ2v) is 3.44. The Hall–Kier alpha value is -0.150. The van der Waals surface area contributed by atoms with Gasteiger partial charge in [0, 0.05) is 26.2 Å². The highest BCUT2D eigenvalue weighted by atomic mass is 19.1. The number of halogens is 1. The van der Waals surface area contributed by atoms with Gasteiger partial charge in [-0.05, 0) is 19.4 Å². The van der Waals surface area contributed by atoms with Crippen molar-refractivity contribution in [2.75, 3.05) is 32.7 Å². The number of alkyl halides is 1. The molecule has 0 saturated carbocycles. The molecule has 12 heavy (non-hydrogen) atoms. The van der Waals surface area contributed by atoms with Gasteiger partial charge in [-0.3, -0.25) is 4.90 Å². The van der Waals surface area contributed by atoms with Crippen molar-refractivity contribution in [3.63, 3.8) is 0 Å². The summed E-state index contributed by atoms with van der Waals surface area (Å²) in [5, 5.41) is 3.31. The number of nitrogens with zero attached hydrogens (tertiary/aromatic N) is 1. The predicted octanol–water partition coefficient (Wildman–Crippen LogP) is 1.03. The number of likely N-dealkylation sites (tertiary alicyclic amines) is 1. The molecule has 0 unspecified atom stereocenters. The number of nitrogens with one attached hydrogen (secondary N) is 1. The summed E-state index contributed by atoms with van der Waals surface area (Å²) in [5.41, 5.74) is 0. The lowest BCUT2D eigenvalue weighted by Crippen LogP contribution is -2.31. The molecular formula is C9H19FN2. The normalized spacial score (nSPS) is 25.0. The fourth-order valence-electron chi connectivity index (χ4n) is 1.53. The van der Waals surface area contributed by atoms with E-state index in [1.54, 1.807) is 0 Å². The Morgan fingerprint density at radius 2 is 2.33 bits per heavy atom. The highest BCUT2D eigenvalue weighted by Gasteiger charge is 2.20. The van der Waals surface area contributed by atoms with Gasteiger partial charge in [-0.2, -0.15) is 0 Å². The van der Waals surface area contributed by atoms with Gasteiger partial charge in [-0.1, -0.05) is 6.92 Å². The Kier molecular flexibility index (Phi) is 4.54. The van der Waals surface area contributed by atoms with Crippen molar-refractivity contribution in [3.8, 4) is 0 Å². The summed E-state index contributed by atoms with van der Waals surface area (Å²) in [5.74, 6) is 0. The maximum atomic E-state index is 12.7. The predicted molar refractivity (Wildman–Crippen MR) is 49.1 cm³/mol. The summed E-state index contributed by atoms with van der Waals surface area (Å²) < 4.78 is 12.7. The van der Waals surface area contributed by atoms with Crippen LogP contribution in [0, 0.1) is 0 Å². The van der Waals surface area contributed by atoms with E-state index in [1.807, 2.05) is 0 Å². The zero-order valence-corrected chi connectivity index (χ0v) is 7.85. The van der Waals surface area contributed by atoms with Crippen LogP contribution in [0.5, 0.6) is 0 Å². The highest BCUT2D eigenvalue weighted by Crippen LogP contribution is 2.10. The third kappa shape index (κ3) is 3.50. The Balaban J connectivity index is 1.93. The third-order valence-corrected chi connectivity index (χ3v) is 2.25. The second kappa shape index (κ2) is 5.49. The van der Waals surface area contributed by atoms with Crippen molar-refractivity contribution in [2.24, 2.45) is 0 Å². The number of hydrogen-bond donors (Lipinski definition) is 1. The van der Waals surface area contributed by atoms with Gasteiger partial charge in [0.1, 0.15) is 6.17 Å². The third-order valence-electron chi connectivity index (χ3n) is 2.25. The van der Waals surface area contributed by atoms with Crippen LogP contribution in [0.2, 0.25) is 0 Å². The summed E-state index contributed by atoms with van der Waals surface area (Å²) in [4.78, 5) is 2.19. The lowest BCUT2D eigenvalue weighted by atomic mass is 10.3. The van der Waals surface area contributed by atoms with Gasteiger partial charge in [0.2, 0.25) is 0 Å². The first-order valence-electron chi connectivity index (χ1n) is 4.90. The molecule has 72 valence electrons. The van der Waals surface area contributed by atoms with Crippen molar-refractivity contribution < 1.29 is 4.39 Å². The molecule has 0 spiro atoms. The Morgan fingerprint density at radius 1 is 1.50 bits per heavy atom. The van der Waals surface area contributed by atoms with Crippen LogP contribution in [0.3, 0.4) is 0 Å². The summed E-state index contributed by atoms with van der Waals surface area (Å²) >= 11 is 0. The van der Waals surface area contributed by atoms with Gasteiger partial charge in [-0.15, -0.1) is 0 Å². The largest absolute Gasteiger partial charge is 0.315 e. The molecule has 1 N–H and O–H groups in total. The van der Waals surface area contributed by atoms with E-state index in [1.165, 1.54) is 6.42 Å². The van der Waals surface area contributed by atoms with Crippen LogP contribution in [0.4, 0.5) is 4.39 Å². The number of hydrogen-bond acceptors (Lipinski definition) is 2. The molecule has 0 aromatic rings. The van der Waals surface area contributed by atoms with E-state index in [0.29, 0.717) is 6.54 Å². The van der Waals surface area contributed by atoms with Crippen LogP contribution >= 0.6 is 0 Å². The van der Waals surface area contributed by atoms with E-state index in [2.05, 4.69) is 17.1 Å². The van der Waals surface area contributed by atoms with Crippen molar-refractivity contribution in [2.45, 2.75) is 25.9 Å². The van der Waals surface area contributed by atoms with Crippen molar-refractivity contribution in [1.29, 1.82) is 0 Å². The smallest absolute Gasteiger partial charge is 0.114 e. The van der Waals surface area contributed by atoms with E-state index in [9.17, 15) is 4.39 Å². The minimum absolute atomic E-state index is 0.573. The molecule has 0 aromatic carbocycles. The van der Waals surface area contributed by atoms with E-state index in [-0.39, 0.29) is 0 Å². The lowest BCUT2D eigenvalue weighted by molar-refractivity contribution is 0.287. The Labute approximate surface area is 74.1 Å². The summed E-state index contributed by atoms with van der Waals surface area (Å²) in [7, 11) is 0. The monoisotopic (exact) mass is 174 g/mol. The first kappa shape index (κ1) is 9.93. The van der Waals surface area contributed by atoms with E-state index in [4.69, 9.17) is 0 Å². The van der Waals surface area contributed by atoms with Crippen LogP contribution in [0.1, 0.15) is 19.8 Å². The molecule has 1 saturated heterocycles. The Morgan fingerprint density at radius 3 is 2.92 bits per heavy atom. The lowest BCUT2D eigenvalue weighted by Gasteiger charge is -2.14. The van der Waals surface area contributed by atoms with Crippen molar-refractivity contribution >= 4 is 0 Å². The van der Waals surface area contributed by atoms with Crippen molar-refractivity contribution in [1.82, 2.24) is 10.2 Å². The average molecular weight is 174 g/mol. The summed E-state index contributed by atoms with van der Waals surface area (Å²) in [6.45, 7) is 6.82. The standard InChI is InChI=1S/C9H19FN2/c1-2-4-11-5-7-12-6-3-9(10)8-12/h9,11H,2-8H2,1H3/t9-/m1/s1. The highest BCUT2D eigenvalue weighted by molar-refractivity contribution is 4.74. The minimum atomic E-state index is -0.573. The molecule has 1 aliphatic heterocycles. The van der Waals surface area contributed by atoms with E-state index >= 15 is 0 Å². The molecule has 0 bridgehead atoms. The molecule has 0 aromatic heterocycles. The van der Waals surface area contributed by atoms with Gasteiger partial charge >= 0.3 is 0 Å². The van der Waals surface area contributed by atoms with Crippen LogP contribution < -0.4 is 5.32 Å². The maximum absolute atomic E-state index is 12.7. The van der Waals surface area contributed by atoms with Crippen LogP contribution in [0.15, 0.2) is 0 Å². The van der Waals surface area contributed by atoms with E-state index in [0.717, 1.165) is 32.6 Å². The minimum Gasteiger partial charge on any atom is -0.315 e. The van der Waals surface area contributed by atoms with Gasteiger partial charge in [0.25, 0.3) is 0 Å². The second-order valence-electron chi connectivity index (χ2n) is 3.44. The topological polar surface area (TPSA) is 15.3 Å². The van der Waals surface area contributed by atoms with Gasteiger partial charge < -0.3 is 5.32 Å². The van der Waals surface area contributed by atoms with Crippen LogP contribution in [0.25, 0.3) is 0 Å². The van der Waals surface area contributed by atoms with Crippen LogP contribution in [-0.4, -0.2) is 43.8 Å². The first-order chi connectivity index (χ1) is 5.83. The van der Waals surface area contributed by atoms with Gasteiger partial charge in [0.15, 0.2) is 0 Å². The average Bonchev–Trinajstić information content (AvgIpc) is 2.45. The van der Waals surface area contributed by atoms with E-state index < -0.39 is 6.17 Å². The Bertz CT molecular complexity index is 119. The fraction of sp³-hybridized carbons (Fsp3) is 1.00. The van der Waals surface area contributed by atoms with Crippen molar-refractivity contribution in [3.05, 3.63) is 0 Å². The SMILES string of the molecule is CCCNCCN1CC[C@@H](F)C1. The molecule has 1 fully saturated rings. The molecule has 1 atom stereocenters. The zero-order valence-electron chi connectivity index (χ0n) is 7.85. The first-order valence-corrected chi connectivity index (χ1v) is 4.90. The quantitative estimate of drug-likeness (QED) is 0.626. The molecule has 0 aliphatic carbocycles. The van der Waals surface area contributed by atoms with Crippen LogP contribution in [-0.2, 0) is 0 Å². The molecule has 1 aliphatic rings. The molecular weight excluding hydrogens is 155 g/mol. The fourth-order valence-corrected chi connectivity index (χ4v) is 1.53. The molecule has 0 amide bonds. The molecule has 1 rings (SSSR count). The molecule has 2 nitrogen and oxygen atoms in total. The number of rotatable bonds is 5. The van der Waals surface area contributed by atoms with Gasteiger partial charge in [-0.25, -0.2) is 4.39 Å². The molecule has 1 heterocycles.